The maximum Gasteiger partial charge on any atom is 0.306 e. The third-order valence-electron chi connectivity index (χ3n) is 2.32. The smallest absolute Gasteiger partial charge is 0.306 e. The van der Waals surface area contributed by atoms with Gasteiger partial charge in [-0.15, -0.1) is 11.3 Å². The average molecular weight is 256 g/mol. The SMILES string of the molecule is CCCN(C)c1nc(CCC(=O)OCC)cs1. The van der Waals surface area contributed by atoms with Gasteiger partial charge in [0, 0.05) is 25.4 Å². The van der Waals surface area contributed by atoms with E-state index in [1.165, 1.54) is 0 Å². The van der Waals surface area contributed by atoms with Crippen molar-refractivity contribution in [3.8, 4) is 0 Å². The molecule has 1 heterocycles. The first-order valence-corrected chi connectivity index (χ1v) is 6.86. The molecule has 17 heavy (non-hydrogen) atoms. The fraction of sp³-hybridized carbons (Fsp3) is 0.667. The Hall–Kier alpha value is -1.10. The highest BCUT2D eigenvalue weighted by molar-refractivity contribution is 7.13. The van der Waals surface area contributed by atoms with Gasteiger partial charge >= 0.3 is 5.97 Å². The number of nitrogens with zero attached hydrogens (tertiary/aromatic N) is 2. The van der Waals surface area contributed by atoms with Crippen LogP contribution in [-0.2, 0) is 16.0 Å². The molecule has 0 fully saturated rings. The van der Waals surface area contributed by atoms with E-state index in [4.69, 9.17) is 4.74 Å². The molecule has 0 aliphatic carbocycles. The first-order chi connectivity index (χ1) is 8.17. The number of thiazole rings is 1. The zero-order valence-corrected chi connectivity index (χ0v) is 11.5. The molecule has 0 aromatic carbocycles. The van der Waals surface area contributed by atoms with E-state index < -0.39 is 0 Å². The van der Waals surface area contributed by atoms with Gasteiger partial charge in [0.25, 0.3) is 0 Å². The minimum absolute atomic E-state index is 0.149. The molecule has 0 saturated heterocycles. The molecule has 0 aliphatic rings. The van der Waals surface area contributed by atoms with Gasteiger partial charge < -0.3 is 9.64 Å². The second-order valence-corrected chi connectivity index (χ2v) is 4.68. The summed E-state index contributed by atoms with van der Waals surface area (Å²) in [6.45, 7) is 5.41. The minimum Gasteiger partial charge on any atom is -0.466 e. The van der Waals surface area contributed by atoms with Crippen LogP contribution in [0.5, 0.6) is 0 Å². The number of hydrogen-bond acceptors (Lipinski definition) is 5. The quantitative estimate of drug-likeness (QED) is 0.703. The normalized spacial score (nSPS) is 10.3. The number of ether oxygens (including phenoxy) is 1. The van der Waals surface area contributed by atoms with E-state index in [1.54, 1.807) is 11.3 Å². The van der Waals surface area contributed by atoms with Crippen molar-refractivity contribution < 1.29 is 9.53 Å². The molecule has 0 N–H and O–H groups in total. The summed E-state index contributed by atoms with van der Waals surface area (Å²) in [7, 11) is 2.04. The Morgan fingerprint density at radius 3 is 2.94 bits per heavy atom. The van der Waals surface area contributed by atoms with Gasteiger partial charge in [0.05, 0.1) is 18.7 Å². The molecule has 1 rings (SSSR count). The van der Waals surface area contributed by atoms with Crippen LogP contribution in [-0.4, -0.2) is 31.2 Å². The molecule has 96 valence electrons. The van der Waals surface area contributed by atoms with Crippen LogP contribution >= 0.6 is 11.3 Å². The molecular formula is C12H20N2O2S. The number of hydrogen-bond donors (Lipinski definition) is 0. The molecule has 1 aromatic rings. The third-order valence-corrected chi connectivity index (χ3v) is 3.32. The summed E-state index contributed by atoms with van der Waals surface area (Å²) in [5.74, 6) is -0.149. The maximum absolute atomic E-state index is 11.2. The lowest BCUT2D eigenvalue weighted by molar-refractivity contribution is -0.143. The summed E-state index contributed by atoms with van der Waals surface area (Å²) < 4.78 is 4.88. The number of esters is 1. The zero-order chi connectivity index (χ0) is 12.7. The lowest BCUT2D eigenvalue weighted by atomic mass is 10.2. The molecule has 0 atom stereocenters. The third kappa shape index (κ3) is 4.73. The molecule has 5 heteroatoms. The van der Waals surface area contributed by atoms with Crippen LogP contribution in [0.15, 0.2) is 5.38 Å². The fourth-order valence-corrected chi connectivity index (χ4v) is 2.33. The van der Waals surface area contributed by atoms with Gasteiger partial charge in [-0.1, -0.05) is 6.92 Å². The molecule has 0 unspecified atom stereocenters. The van der Waals surface area contributed by atoms with Crippen LogP contribution in [0.4, 0.5) is 5.13 Å². The summed E-state index contributed by atoms with van der Waals surface area (Å²) in [5.41, 5.74) is 0.973. The summed E-state index contributed by atoms with van der Waals surface area (Å²) in [4.78, 5) is 17.8. The van der Waals surface area contributed by atoms with Crippen LogP contribution in [0.2, 0.25) is 0 Å². The first kappa shape index (κ1) is 14.0. The number of carbonyl (C=O) groups excluding carboxylic acids is 1. The van der Waals surface area contributed by atoms with Crippen molar-refractivity contribution in [1.29, 1.82) is 0 Å². The second-order valence-electron chi connectivity index (χ2n) is 3.85. The molecule has 0 radical (unpaired) electrons. The van der Waals surface area contributed by atoms with Crippen molar-refractivity contribution >= 4 is 22.4 Å². The van der Waals surface area contributed by atoms with Crippen molar-refractivity contribution in [3.05, 3.63) is 11.1 Å². The van der Waals surface area contributed by atoms with Gasteiger partial charge in [-0.3, -0.25) is 4.79 Å². The van der Waals surface area contributed by atoms with E-state index in [0.29, 0.717) is 19.4 Å². The van der Waals surface area contributed by atoms with Gasteiger partial charge in [-0.05, 0) is 13.3 Å². The number of aryl methyl sites for hydroxylation is 1. The predicted molar refractivity (Wildman–Crippen MR) is 70.6 cm³/mol. The van der Waals surface area contributed by atoms with Gasteiger partial charge in [0.1, 0.15) is 0 Å². The number of carbonyl (C=O) groups is 1. The van der Waals surface area contributed by atoms with Crippen molar-refractivity contribution in [3.63, 3.8) is 0 Å². The van der Waals surface area contributed by atoms with Crippen molar-refractivity contribution in [2.24, 2.45) is 0 Å². The van der Waals surface area contributed by atoms with E-state index in [2.05, 4.69) is 16.8 Å². The van der Waals surface area contributed by atoms with E-state index in [-0.39, 0.29) is 5.97 Å². The lowest BCUT2D eigenvalue weighted by Crippen LogP contribution is -2.17. The van der Waals surface area contributed by atoms with Gasteiger partial charge in [0.15, 0.2) is 5.13 Å². The molecule has 4 nitrogen and oxygen atoms in total. The van der Waals surface area contributed by atoms with Crippen LogP contribution in [0, 0.1) is 0 Å². The highest BCUT2D eigenvalue weighted by Crippen LogP contribution is 2.20. The standard InChI is InChI=1S/C12H20N2O2S/c1-4-8-14(3)12-13-10(9-17-12)6-7-11(15)16-5-2/h9H,4-8H2,1-3H3. The Labute approximate surface area is 107 Å². The number of anilines is 1. The predicted octanol–water partition coefficient (Wildman–Crippen LogP) is 2.49. The molecule has 0 amide bonds. The van der Waals surface area contributed by atoms with E-state index >= 15 is 0 Å². The first-order valence-electron chi connectivity index (χ1n) is 5.98. The average Bonchev–Trinajstić information content (AvgIpc) is 2.76. The van der Waals surface area contributed by atoms with Gasteiger partial charge in [0.2, 0.25) is 0 Å². The minimum atomic E-state index is -0.149. The largest absolute Gasteiger partial charge is 0.466 e. The summed E-state index contributed by atoms with van der Waals surface area (Å²) in [6, 6.07) is 0. The second kappa shape index (κ2) is 7.27. The van der Waals surface area contributed by atoms with E-state index in [9.17, 15) is 4.79 Å². The number of aromatic nitrogens is 1. The van der Waals surface area contributed by atoms with Crippen LogP contribution in [0.25, 0.3) is 0 Å². The molecule has 0 saturated carbocycles. The van der Waals surface area contributed by atoms with Gasteiger partial charge in [-0.25, -0.2) is 4.98 Å². The monoisotopic (exact) mass is 256 g/mol. The van der Waals surface area contributed by atoms with E-state index in [1.807, 2.05) is 19.4 Å². The fourth-order valence-electron chi connectivity index (χ4n) is 1.48. The van der Waals surface area contributed by atoms with Gasteiger partial charge in [-0.2, -0.15) is 0 Å². The zero-order valence-electron chi connectivity index (χ0n) is 10.7. The topological polar surface area (TPSA) is 42.4 Å². The van der Waals surface area contributed by atoms with Crippen molar-refractivity contribution in [2.75, 3.05) is 25.1 Å². The highest BCUT2D eigenvalue weighted by Gasteiger charge is 2.08. The summed E-state index contributed by atoms with van der Waals surface area (Å²) >= 11 is 1.63. The Morgan fingerprint density at radius 1 is 1.53 bits per heavy atom. The Balaban J connectivity index is 2.43. The lowest BCUT2D eigenvalue weighted by Gasteiger charge is -2.13. The Morgan fingerprint density at radius 2 is 2.29 bits per heavy atom. The van der Waals surface area contributed by atoms with Crippen molar-refractivity contribution in [1.82, 2.24) is 4.98 Å². The summed E-state index contributed by atoms with van der Waals surface area (Å²) in [5, 5.41) is 3.03. The molecule has 0 aliphatic heterocycles. The van der Waals surface area contributed by atoms with Crippen LogP contribution < -0.4 is 4.90 Å². The molecule has 0 spiro atoms. The van der Waals surface area contributed by atoms with E-state index in [0.717, 1.165) is 23.8 Å². The molecule has 1 aromatic heterocycles. The summed E-state index contributed by atoms with van der Waals surface area (Å²) in [6.07, 6.45) is 2.18. The highest BCUT2D eigenvalue weighted by atomic mass is 32.1. The Bertz CT molecular complexity index is 352. The number of rotatable bonds is 7. The van der Waals surface area contributed by atoms with Crippen LogP contribution in [0.1, 0.15) is 32.4 Å². The Kier molecular flexibility index (Phi) is 5.97. The molecule has 0 bridgehead atoms. The van der Waals surface area contributed by atoms with Crippen LogP contribution in [0.3, 0.4) is 0 Å². The van der Waals surface area contributed by atoms with Crippen molar-refractivity contribution in [2.45, 2.75) is 33.1 Å². The molecular weight excluding hydrogens is 236 g/mol. The maximum atomic E-state index is 11.2.